The lowest BCUT2D eigenvalue weighted by molar-refractivity contribution is 0.407. The summed E-state index contributed by atoms with van der Waals surface area (Å²) in [6.07, 6.45) is 7.65. The summed E-state index contributed by atoms with van der Waals surface area (Å²) < 4.78 is 0. The van der Waals surface area contributed by atoms with E-state index in [-0.39, 0.29) is 0 Å². The Morgan fingerprint density at radius 3 is 2.27 bits per heavy atom. The molecule has 0 saturated heterocycles. The van der Waals surface area contributed by atoms with Crippen LogP contribution in [0, 0.1) is 5.92 Å². The molecule has 0 rings (SSSR count). The highest BCUT2D eigenvalue weighted by Gasteiger charge is 2.06. The third-order valence-corrected chi connectivity index (χ3v) is 3.04. The van der Waals surface area contributed by atoms with Crippen molar-refractivity contribution in [2.24, 2.45) is 11.7 Å². The maximum absolute atomic E-state index is 5.95. The first-order valence-electron chi connectivity index (χ1n) is 6.70. The minimum Gasteiger partial charge on any atom is -0.327 e. The number of hydrogen-bond donors (Lipinski definition) is 2. The molecule has 0 amide bonds. The Hall–Kier alpha value is -0.0800. The quantitative estimate of drug-likeness (QED) is 0.587. The van der Waals surface area contributed by atoms with E-state index in [9.17, 15) is 0 Å². The predicted molar refractivity (Wildman–Crippen MR) is 69.1 cm³/mol. The van der Waals surface area contributed by atoms with Crippen LogP contribution in [0.4, 0.5) is 0 Å². The molecule has 0 aliphatic carbocycles. The Morgan fingerprint density at radius 2 is 1.73 bits per heavy atom. The van der Waals surface area contributed by atoms with E-state index in [0.29, 0.717) is 6.04 Å². The summed E-state index contributed by atoms with van der Waals surface area (Å²) in [5.74, 6) is 0.846. The summed E-state index contributed by atoms with van der Waals surface area (Å²) in [4.78, 5) is 0. The highest BCUT2D eigenvalue weighted by atomic mass is 14.9. The van der Waals surface area contributed by atoms with E-state index in [4.69, 9.17) is 5.73 Å². The molecule has 0 fully saturated rings. The van der Waals surface area contributed by atoms with Crippen LogP contribution in [0.5, 0.6) is 0 Å². The smallest absolute Gasteiger partial charge is 0.0165 e. The molecule has 0 aliphatic rings. The molecule has 2 heteroatoms. The van der Waals surface area contributed by atoms with E-state index in [2.05, 4.69) is 26.1 Å². The summed E-state index contributed by atoms with van der Waals surface area (Å²) in [5, 5.41) is 3.50. The van der Waals surface area contributed by atoms with Crippen LogP contribution in [0.15, 0.2) is 0 Å². The van der Waals surface area contributed by atoms with Gasteiger partial charge in [-0.2, -0.15) is 0 Å². The topological polar surface area (TPSA) is 38.0 Å². The highest BCUT2D eigenvalue weighted by Crippen LogP contribution is 2.11. The number of rotatable bonds is 10. The highest BCUT2D eigenvalue weighted by molar-refractivity contribution is 4.66. The monoisotopic (exact) mass is 214 g/mol. The van der Waals surface area contributed by atoms with Crippen LogP contribution >= 0.6 is 0 Å². The molecule has 0 saturated carbocycles. The minimum atomic E-state index is 0.346. The second-order valence-electron chi connectivity index (χ2n) is 4.62. The summed E-state index contributed by atoms with van der Waals surface area (Å²) in [6.45, 7) is 8.87. The van der Waals surface area contributed by atoms with Crippen molar-refractivity contribution in [3.8, 4) is 0 Å². The molecule has 0 bridgehead atoms. The van der Waals surface area contributed by atoms with E-state index in [1.807, 2.05) is 0 Å². The molecule has 0 heterocycles. The molecule has 0 spiro atoms. The molecule has 2 nitrogen and oxygen atoms in total. The van der Waals surface area contributed by atoms with Gasteiger partial charge < -0.3 is 11.1 Å². The van der Waals surface area contributed by atoms with Gasteiger partial charge in [-0.3, -0.25) is 0 Å². The predicted octanol–water partition coefficient (Wildman–Crippen LogP) is 2.92. The third-order valence-electron chi connectivity index (χ3n) is 3.04. The third kappa shape index (κ3) is 8.88. The van der Waals surface area contributed by atoms with Crippen LogP contribution in [0.3, 0.4) is 0 Å². The van der Waals surface area contributed by atoms with Crippen molar-refractivity contribution in [1.29, 1.82) is 0 Å². The SMILES string of the molecule is CCCCC(CC)CNCC(N)CCC. The largest absolute Gasteiger partial charge is 0.327 e. The normalized spacial score (nSPS) is 15.2. The second kappa shape index (κ2) is 10.4. The molecule has 0 aliphatic heterocycles. The Labute approximate surface area is 96.0 Å². The summed E-state index contributed by atoms with van der Waals surface area (Å²) in [6, 6.07) is 0.346. The van der Waals surface area contributed by atoms with Gasteiger partial charge in [0.1, 0.15) is 0 Å². The van der Waals surface area contributed by atoms with Crippen molar-refractivity contribution in [3.05, 3.63) is 0 Å². The first kappa shape index (κ1) is 14.9. The molecule has 3 N–H and O–H groups in total. The number of nitrogens with one attached hydrogen (secondary N) is 1. The molecule has 2 unspecified atom stereocenters. The van der Waals surface area contributed by atoms with Gasteiger partial charge in [-0.25, -0.2) is 0 Å². The van der Waals surface area contributed by atoms with Gasteiger partial charge in [0.15, 0.2) is 0 Å². The van der Waals surface area contributed by atoms with Crippen molar-refractivity contribution in [1.82, 2.24) is 5.32 Å². The zero-order chi connectivity index (χ0) is 11.5. The maximum atomic E-state index is 5.95. The van der Waals surface area contributed by atoms with E-state index in [0.717, 1.165) is 25.4 Å². The molecule has 0 aromatic carbocycles. The molecule has 15 heavy (non-hydrogen) atoms. The van der Waals surface area contributed by atoms with Gasteiger partial charge in [-0.05, 0) is 25.3 Å². The Kier molecular flexibility index (Phi) is 10.4. The molecule has 0 aromatic rings. The molecule has 2 atom stereocenters. The van der Waals surface area contributed by atoms with Gasteiger partial charge in [-0.15, -0.1) is 0 Å². The van der Waals surface area contributed by atoms with Gasteiger partial charge in [0.2, 0.25) is 0 Å². The van der Waals surface area contributed by atoms with Crippen LogP contribution in [0.25, 0.3) is 0 Å². The van der Waals surface area contributed by atoms with Crippen molar-refractivity contribution < 1.29 is 0 Å². The zero-order valence-corrected chi connectivity index (χ0v) is 10.9. The fourth-order valence-corrected chi connectivity index (χ4v) is 1.89. The Morgan fingerprint density at radius 1 is 1.00 bits per heavy atom. The standard InChI is InChI=1S/C13H30N2/c1-4-7-9-12(6-3)10-15-11-13(14)8-5-2/h12-13,15H,4-11,14H2,1-3H3. The second-order valence-corrected chi connectivity index (χ2v) is 4.62. The average molecular weight is 214 g/mol. The maximum Gasteiger partial charge on any atom is 0.0165 e. The lowest BCUT2D eigenvalue weighted by Crippen LogP contribution is -2.36. The Balaban J connectivity index is 3.44. The van der Waals surface area contributed by atoms with E-state index < -0.39 is 0 Å². The van der Waals surface area contributed by atoms with Gasteiger partial charge in [0, 0.05) is 12.6 Å². The number of nitrogens with two attached hydrogens (primary N) is 1. The molecular formula is C13H30N2. The van der Waals surface area contributed by atoms with E-state index >= 15 is 0 Å². The van der Waals surface area contributed by atoms with Gasteiger partial charge in [0.25, 0.3) is 0 Å². The Bertz CT molecular complexity index is 126. The molecule has 0 aromatic heterocycles. The first-order valence-corrected chi connectivity index (χ1v) is 6.70. The van der Waals surface area contributed by atoms with Crippen molar-refractivity contribution in [3.63, 3.8) is 0 Å². The van der Waals surface area contributed by atoms with Gasteiger partial charge in [0.05, 0.1) is 0 Å². The van der Waals surface area contributed by atoms with Gasteiger partial charge >= 0.3 is 0 Å². The number of hydrogen-bond acceptors (Lipinski definition) is 2. The summed E-state index contributed by atoms with van der Waals surface area (Å²) in [5.41, 5.74) is 5.95. The van der Waals surface area contributed by atoms with Crippen LogP contribution < -0.4 is 11.1 Å². The molecule has 0 radical (unpaired) electrons. The molecular weight excluding hydrogens is 184 g/mol. The van der Waals surface area contributed by atoms with Crippen molar-refractivity contribution in [2.75, 3.05) is 13.1 Å². The van der Waals surface area contributed by atoms with Crippen LogP contribution in [-0.4, -0.2) is 19.1 Å². The zero-order valence-electron chi connectivity index (χ0n) is 10.9. The summed E-state index contributed by atoms with van der Waals surface area (Å²) in [7, 11) is 0. The van der Waals surface area contributed by atoms with Crippen LogP contribution in [0.1, 0.15) is 59.3 Å². The lowest BCUT2D eigenvalue weighted by Gasteiger charge is -2.17. The van der Waals surface area contributed by atoms with Gasteiger partial charge in [-0.1, -0.05) is 46.5 Å². The fraction of sp³-hybridized carbons (Fsp3) is 1.00. The van der Waals surface area contributed by atoms with E-state index in [1.165, 1.54) is 32.1 Å². The average Bonchev–Trinajstić information content (AvgIpc) is 2.23. The molecule has 92 valence electrons. The first-order chi connectivity index (χ1) is 7.24. The lowest BCUT2D eigenvalue weighted by atomic mass is 9.99. The van der Waals surface area contributed by atoms with Crippen molar-refractivity contribution in [2.45, 2.75) is 65.3 Å². The van der Waals surface area contributed by atoms with Crippen molar-refractivity contribution >= 4 is 0 Å². The fourth-order valence-electron chi connectivity index (χ4n) is 1.89. The minimum absolute atomic E-state index is 0.346. The van der Waals surface area contributed by atoms with Crippen LogP contribution in [0.2, 0.25) is 0 Å². The summed E-state index contributed by atoms with van der Waals surface area (Å²) >= 11 is 0. The number of unbranched alkanes of at least 4 members (excludes halogenated alkanes) is 1. The van der Waals surface area contributed by atoms with Crippen LogP contribution in [-0.2, 0) is 0 Å². The van der Waals surface area contributed by atoms with E-state index in [1.54, 1.807) is 0 Å².